The van der Waals surface area contributed by atoms with Crippen molar-refractivity contribution < 1.29 is 5.11 Å². The van der Waals surface area contributed by atoms with E-state index in [1.807, 2.05) is 22.6 Å². The van der Waals surface area contributed by atoms with Crippen molar-refractivity contribution in [3.8, 4) is 0 Å². The standard InChI is InChI=1S/C3H2BrI2O/c4-3(6)2(5)1-7/h1H2. The van der Waals surface area contributed by atoms with Crippen LogP contribution in [-0.4, -0.2) is 6.61 Å². The van der Waals surface area contributed by atoms with Crippen LogP contribution in [0.2, 0.25) is 0 Å². The first-order valence-corrected chi connectivity index (χ1v) is 4.41. The zero-order valence-electron chi connectivity index (χ0n) is 3.25. The maximum Gasteiger partial charge on any atom is 0.114 e. The lowest BCUT2D eigenvalue weighted by Gasteiger charge is -1.86. The first-order chi connectivity index (χ1) is 3.18. The first-order valence-electron chi connectivity index (χ1n) is 1.46. The SMILES string of the molecule is [O]CC(I)=C(Br)I. The molecule has 0 saturated carbocycles. The molecule has 41 valence electrons. The van der Waals surface area contributed by atoms with Gasteiger partial charge in [0.2, 0.25) is 0 Å². The summed E-state index contributed by atoms with van der Waals surface area (Å²) in [6, 6.07) is 0. The molecule has 0 aliphatic carbocycles. The van der Waals surface area contributed by atoms with Gasteiger partial charge in [-0.05, 0) is 61.1 Å². The van der Waals surface area contributed by atoms with Gasteiger partial charge < -0.3 is 0 Å². The molecule has 0 saturated heterocycles. The monoisotopic (exact) mass is 387 g/mol. The predicted molar refractivity (Wildman–Crippen MR) is 49.5 cm³/mol. The Hall–Kier alpha value is 1.64. The van der Waals surface area contributed by atoms with Gasteiger partial charge in [0.1, 0.15) is 6.61 Å². The highest BCUT2D eigenvalue weighted by Crippen LogP contribution is 2.23. The van der Waals surface area contributed by atoms with E-state index in [4.69, 9.17) is 0 Å². The van der Waals surface area contributed by atoms with Gasteiger partial charge in [-0.2, -0.15) is 0 Å². The van der Waals surface area contributed by atoms with Crippen LogP contribution in [0.4, 0.5) is 0 Å². The molecule has 0 aliphatic heterocycles. The molecular formula is C3H2BrI2O. The molecule has 0 bridgehead atoms. The first kappa shape index (κ1) is 8.64. The van der Waals surface area contributed by atoms with Crippen molar-refractivity contribution in [2.75, 3.05) is 6.61 Å². The molecule has 0 rings (SSSR count). The molecule has 0 unspecified atom stereocenters. The summed E-state index contributed by atoms with van der Waals surface area (Å²) in [6.07, 6.45) is 0. The lowest BCUT2D eigenvalue weighted by Crippen LogP contribution is -1.74. The van der Waals surface area contributed by atoms with Crippen LogP contribution in [0.3, 0.4) is 0 Å². The lowest BCUT2D eigenvalue weighted by molar-refractivity contribution is 0.231. The molecule has 0 fully saturated rings. The third kappa shape index (κ3) is 4.16. The molecule has 1 radical (unpaired) electrons. The summed E-state index contributed by atoms with van der Waals surface area (Å²) in [7, 11) is 0. The second kappa shape index (κ2) is 4.51. The van der Waals surface area contributed by atoms with Gasteiger partial charge in [0.25, 0.3) is 0 Å². The lowest BCUT2D eigenvalue weighted by atomic mass is 10.7. The van der Waals surface area contributed by atoms with Crippen LogP contribution in [0.25, 0.3) is 0 Å². The van der Waals surface area contributed by atoms with E-state index in [-0.39, 0.29) is 6.61 Å². The fourth-order valence-electron chi connectivity index (χ4n) is 0.0546. The normalized spacial score (nSPS) is 13.7. The highest BCUT2D eigenvalue weighted by atomic mass is 127. The summed E-state index contributed by atoms with van der Waals surface area (Å²) in [4.78, 5) is 0. The minimum Gasteiger partial charge on any atom is -0.231 e. The van der Waals surface area contributed by atoms with Crippen molar-refractivity contribution in [1.29, 1.82) is 0 Å². The highest BCUT2D eigenvalue weighted by Gasteiger charge is 1.92. The Bertz CT molecular complexity index is 86.9. The molecular weight excluding hydrogens is 386 g/mol. The van der Waals surface area contributed by atoms with Gasteiger partial charge in [-0.25, -0.2) is 5.11 Å². The van der Waals surface area contributed by atoms with Crippen molar-refractivity contribution >= 4 is 61.1 Å². The van der Waals surface area contributed by atoms with Crippen molar-refractivity contribution in [3.63, 3.8) is 0 Å². The zero-order chi connectivity index (χ0) is 5.86. The number of halogens is 3. The Morgan fingerprint density at radius 2 is 2.00 bits per heavy atom. The summed E-state index contributed by atoms with van der Waals surface area (Å²) in [5.74, 6) is 0. The molecule has 0 heterocycles. The topological polar surface area (TPSA) is 19.9 Å². The Labute approximate surface area is 78.0 Å². The number of hydrogen-bond donors (Lipinski definition) is 0. The minimum atomic E-state index is -0.121. The van der Waals surface area contributed by atoms with Crippen LogP contribution >= 0.6 is 61.1 Å². The van der Waals surface area contributed by atoms with Gasteiger partial charge in [-0.15, -0.1) is 0 Å². The summed E-state index contributed by atoms with van der Waals surface area (Å²) in [6.45, 7) is -0.121. The van der Waals surface area contributed by atoms with Crippen molar-refractivity contribution in [3.05, 3.63) is 6.07 Å². The molecule has 0 N–H and O–H groups in total. The number of rotatable bonds is 1. The van der Waals surface area contributed by atoms with E-state index < -0.39 is 0 Å². The predicted octanol–water partition coefficient (Wildman–Crippen LogP) is 2.85. The van der Waals surface area contributed by atoms with E-state index >= 15 is 0 Å². The largest absolute Gasteiger partial charge is 0.231 e. The molecule has 0 aromatic carbocycles. The van der Waals surface area contributed by atoms with E-state index in [2.05, 4.69) is 38.5 Å². The average molecular weight is 388 g/mol. The molecule has 1 nitrogen and oxygen atoms in total. The van der Waals surface area contributed by atoms with Crippen molar-refractivity contribution in [1.82, 2.24) is 0 Å². The Balaban J connectivity index is 3.72. The van der Waals surface area contributed by atoms with E-state index in [1.165, 1.54) is 0 Å². The van der Waals surface area contributed by atoms with Crippen LogP contribution in [0.5, 0.6) is 0 Å². The fourth-order valence-corrected chi connectivity index (χ4v) is 0.325. The molecule has 0 aromatic rings. The highest BCUT2D eigenvalue weighted by molar-refractivity contribution is 14.1. The van der Waals surface area contributed by atoms with Crippen LogP contribution in [-0.2, 0) is 5.11 Å². The summed E-state index contributed by atoms with van der Waals surface area (Å²) >= 11 is 7.22. The van der Waals surface area contributed by atoms with Crippen LogP contribution < -0.4 is 0 Å². The van der Waals surface area contributed by atoms with Gasteiger partial charge in [-0.1, -0.05) is 0 Å². The Kier molecular flexibility index (Phi) is 5.57. The second-order valence-electron chi connectivity index (χ2n) is 0.810. The van der Waals surface area contributed by atoms with E-state index in [9.17, 15) is 5.11 Å². The molecule has 0 amide bonds. The molecule has 7 heavy (non-hydrogen) atoms. The average Bonchev–Trinajstić information content (AvgIpc) is 1.65. The quantitative estimate of drug-likeness (QED) is 0.617. The zero-order valence-corrected chi connectivity index (χ0v) is 9.15. The van der Waals surface area contributed by atoms with Crippen molar-refractivity contribution in [2.45, 2.75) is 0 Å². The van der Waals surface area contributed by atoms with Crippen LogP contribution in [0.1, 0.15) is 0 Å². The molecule has 0 aliphatic rings. The van der Waals surface area contributed by atoms with Gasteiger partial charge in [-0.3, -0.25) is 0 Å². The van der Waals surface area contributed by atoms with Gasteiger partial charge in [0, 0.05) is 3.58 Å². The molecule has 0 atom stereocenters. The summed E-state index contributed by atoms with van der Waals surface area (Å²) in [5, 5.41) is 9.97. The second-order valence-corrected chi connectivity index (χ2v) is 5.47. The minimum absolute atomic E-state index is 0.121. The maximum atomic E-state index is 9.97. The van der Waals surface area contributed by atoms with Crippen molar-refractivity contribution in [2.24, 2.45) is 0 Å². The third-order valence-electron chi connectivity index (χ3n) is 0.332. The van der Waals surface area contributed by atoms with E-state index in [0.29, 0.717) is 0 Å². The smallest absolute Gasteiger partial charge is 0.114 e. The fraction of sp³-hybridized carbons (Fsp3) is 0.333. The molecule has 0 spiro atoms. The third-order valence-corrected chi connectivity index (χ3v) is 4.09. The van der Waals surface area contributed by atoms with Crippen LogP contribution in [0.15, 0.2) is 6.07 Å². The van der Waals surface area contributed by atoms with Gasteiger partial charge in [0.05, 0.1) is 2.49 Å². The van der Waals surface area contributed by atoms with Gasteiger partial charge >= 0.3 is 0 Å². The summed E-state index contributed by atoms with van der Waals surface area (Å²) < 4.78 is 1.75. The Morgan fingerprint density at radius 3 is 2.00 bits per heavy atom. The molecule has 4 heteroatoms. The maximum absolute atomic E-state index is 9.97. The molecule has 0 aromatic heterocycles. The number of hydrogen-bond acceptors (Lipinski definition) is 0. The van der Waals surface area contributed by atoms with E-state index in [1.54, 1.807) is 0 Å². The Morgan fingerprint density at radius 1 is 1.57 bits per heavy atom. The van der Waals surface area contributed by atoms with Crippen LogP contribution in [0, 0.1) is 0 Å². The summed E-state index contributed by atoms with van der Waals surface area (Å²) in [5.41, 5.74) is 0. The van der Waals surface area contributed by atoms with E-state index in [0.717, 1.165) is 6.07 Å². The van der Waals surface area contributed by atoms with Gasteiger partial charge in [0.15, 0.2) is 0 Å².